The van der Waals surface area contributed by atoms with Gasteiger partial charge in [0.1, 0.15) is 17.3 Å². The van der Waals surface area contributed by atoms with Gasteiger partial charge in [0.05, 0.1) is 5.02 Å². The van der Waals surface area contributed by atoms with Gasteiger partial charge in [-0.15, -0.1) is 0 Å². The van der Waals surface area contributed by atoms with Gasteiger partial charge < -0.3 is 15.4 Å². The first-order valence-corrected chi connectivity index (χ1v) is 11.2. The molecule has 6 nitrogen and oxygen atoms in total. The van der Waals surface area contributed by atoms with Gasteiger partial charge in [-0.2, -0.15) is 0 Å². The molecule has 0 radical (unpaired) electrons. The molecule has 1 heterocycles. The number of hydrogen-bond acceptors (Lipinski definition) is 4. The van der Waals surface area contributed by atoms with Crippen LogP contribution in [0.5, 0.6) is 5.75 Å². The number of ether oxygens (including phenoxy) is 1. The molecule has 3 saturated carbocycles. The van der Waals surface area contributed by atoms with Crippen LogP contribution in [0.4, 0.5) is 4.39 Å². The summed E-state index contributed by atoms with van der Waals surface area (Å²) in [4.78, 5) is 29.7. The predicted molar refractivity (Wildman–Crippen MR) is 119 cm³/mol. The maximum Gasteiger partial charge on any atom is 0.270 e. The Hall–Kier alpha value is -2.67. The molecule has 2 aromatic rings. The number of fused-ring (bicyclic) bond motifs is 3. The highest BCUT2D eigenvalue weighted by molar-refractivity contribution is 6.30. The molecule has 0 saturated heterocycles. The molecule has 1 atom stereocenters. The lowest BCUT2D eigenvalue weighted by Gasteiger charge is -2.57. The maximum absolute atomic E-state index is 13.6. The molecule has 1 aromatic carbocycles. The molecule has 1 aromatic heterocycles. The van der Waals surface area contributed by atoms with Crippen molar-refractivity contribution >= 4 is 23.4 Å². The van der Waals surface area contributed by atoms with E-state index < -0.39 is 5.82 Å². The van der Waals surface area contributed by atoms with Crippen LogP contribution < -0.4 is 15.4 Å². The number of aromatic nitrogens is 1. The molecule has 32 heavy (non-hydrogen) atoms. The SMILES string of the molecule is Cc1cccc(C(=O)NC23CCC(NC(=O)COc4ccc(Cl)c(F)c4)(CC2)C(C)C3)n1. The number of carbonyl (C=O) groups excluding carboxylic acids is 2. The number of amides is 2. The van der Waals surface area contributed by atoms with Gasteiger partial charge in [0, 0.05) is 22.8 Å². The first kappa shape index (κ1) is 22.5. The largest absolute Gasteiger partial charge is 0.484 e. The Morgan fingerprint density at radius 1 is 1.19 bits per heavy atom. The number of nitrogens with one attached hydrogen (secondary N) is 2. The average molecular weight is 460 g/mol. The second-order valence-electron chi connectivity index (χ2n) is 9.07. The van der Waals surface area contributed by atoms with Crippen LogP contribution in [0.2, 0.25) is 5.02 Å². The van der Waals surface area contributed by atoms with E-state index in [2.05, 4.69) is 22.5 Å². The summed E-state index contributed by atoms with van der Waals surface area (Å²) in [5.41, 5.74) is 0.644. The zero-order chi connectivity index (χ0) is 22.9. The van der Waals surface area contributed by atoms with Crippen molar-refractivity contribution in [2.45, 2.75) is 57.0 Å². The van der Waals surface area contributed by atoms with Crippen molar-refractivity contribution in [3.8, 4) is 5.75 Å². The molecule has 0 aliphatic heterocycles. The molecule has 8 heteroatoms. The van der Waals surface area contributed by atoms with Crippen LogP contribution in [-0.4, -0.2) is 34.5 Å². The van der Waals surface area contributed by atoms with E-state index in [-0.39, 0.29) is 46.2 Å². The Balaban J connectivity index is 1.35. The molecule has 2 N–H and O–H groups in total. The Labute approximate surface area is 191 Å². The van der Waals surface area contributed by atoms with Crippen LogP contribution in [0.25, 0.3) is 0 Å². The van der Waals surface area contributed by atoms with Gasteiger partial charge in [0.15, 0.2) is 6.61 Å². The third-order valence-electron chi connectivity index (χ3n) is 6.89. The van der Waals surface area contributed by atoms with Crippen molar-refractivity contribution in [1.82, 2.24) is 15.6 Å². The van der Waals surface area contributed by atoms with Gasteiger partial charge >= 0.3 is 0 Å². The molecular weight excluding hydrogens is 433 g/mol. The van der Waals surface area contributed by atoms with Crippen LogP contribution in [0.1, 0.15) is 55.2 Å². The number of aryl methyl sites for hydroxylation is 1. The van der Waals surface area contributed by atoms with Crippen LogP contribution in [0.3, 0.4) is 0 Å². The van der Waals surface area contributed by atoms with Gasteiger partial charge in [0.25, 0.3) is 11.8 Å². The molecule has 3 aliphatic carbocycles. The molecule has 1 unspecified atom stereocenters. The zero-order valence-electron chi connectivity index (χ0n) is 18.2. The summed E-state index contributed by atoms with van der Waals surface area (Å²) in [5, 5.41) is 6.41. The van der Waals surface area contributed by atoms with Crippen molar-refractivity contribution in [1.29, 1.82) is 0 Å². The van der Waals surface area contributed by atoms with E-state index >= 15 is 0 Å². The van der Waals surface area contributed by atoms with Gasteiger partial charge in [-0.25, -0.2) is 9.37 Å². The van der Waals surface area contributed by atoms with Crippen molar-refractivity contribution in [3.05, 3.63) is 58.6 Å². The molecule has 2 bridgehead atoms. The smallest absolute Gasteiger partial charge is 0.270 e. The number of halogens is 2. The number of hydrogen-bond donors (Lipinski definition) is 2. The molecular formula is C24H27ClFN3O3. The monoisotopic (exact) mass is 459 g/mol. The molecule has 5 rings (SSSR count). The average Bonchev–Trinajstić information content (AvgIpc) is 2.76. The lowest BCUT2D eigenvalue weighted by molar-refractivity contribution is -0.128. The zero-order valence-corrected chi connectivity index (χ0v) is 19.0. The summed E-state index contributed by atoms with van der Waals surface area (Å²) in [6.45, 7) is 3.78. The topological polar surface area (TPSA) is 80.3 Å². The number of nitrogens with zero attached hydrogens (tertiary/aromatic N) is 1. The second kappa shape index (κ2) is 8.70. The van der Waals surface area contributed by atoms with E-state index in [1.165, 1.54) is 12.1 Å². The van der Waals surface area contributed by atoms with E-state index in [0.717, 1.165) is 43.9 Å². The van der Waals surface area contributed by atoms with Crippen LogP contribution in [0.15, 0.2) is 36.4 Å². The lowest BCUT2D eigenvalue weighted by atomic mass is 9.56. The lowest BCUT2D eigenvalue weighted by Crippen LogP contribution is -2.67. The van der Waals surface area contributed by atoms with E-state index in [4.69, 9.17) is 16.3 Å². The summed E-state index contributed by atoms with van der Waals surface area (Å²) < 4.78 is 19.0. The fourth-order valence-electron chi connectivity index (χ4n) is 5.08. The minimum atomic E-state index is -0.587. The van der Waals surface area contributed by atoms with E-state index in [9.17, 15) is 14.0 Å². The Kier molecular flexibility index (Phi) is 6.12. The van der Waals surface area contributed by atoms with Crippen LogP contribution >= 0.6 is 11.6 Å². The Bertz CT molecular complexity index is 1040. The summed E-state index contributed by atoms with van der Waals surface area (Å²) >= 11 is 5.67. The third-order valence-corrected chi connectivity index (χ3v) is 7.20. The van der Waals surface area contributed by atoms with Crippen molar-refractivity contribution in [2.75, 3.05) is 6.61 Å². The van der Waals surface area contributed by atoms with Crippen LogP contribution in [0, 0.1) is 18.7 Å². The van der Waals surface area contributed by atoms with Crippen molar-refractivity contribution in [2.24, 2.45) is 5.92 Å². The fourth-order valence-corrected chi connectivity index (χ4v) is 5.20. The van der Waals surface area contributed by atoms with E-state index in [1.807, 2.05) is 19.1 Å². The van der Waals surface area contributed by atoms with E-state index in [1.54, 1.807) is 6.07 Å². The number of carbonyl (C=O) groups is 2. The van der Waals surface area contributed by atoms with Gasteiger partial charge in [0.2, 0.25) is 0 Å². The first-order valence-electron chi connectivity index (χ1n) is 10.9. The number of benzene rings is 1. The molecule has 170 valence electrons. The maximum atomic E-state index is 13.6. The molecule has 0 spiro atoms. The summed E-state index contributed by atoms with van der Waals surface area (Å²) in [6.07, 6.45) is 3.92. The van der Waals surface area contributed by atoms with Gasteiger partial charge in [-0.1, -0.05) is 24.6 Å². The molecule has 2 amide bonds. The van der Waals surface area contributed by atoms with Crippen LogP contribution in [-0.2, 0) is 4.79 Å². The number of rotatable bonds is 6. The highest BCUT2D eigenvalue weighted by Gasteiger charge is 2.54. The van der Waals surface area contributed by atoms with Gasteiger partial charge in [-0.05, 0) is 69.2 Å². The summed E-state index contributed by atoms with van der Waals surface area (Å²) in [7, 11) is 0. The highest BCUT2D eigenvalue weighted by atomic mass is 35.5. The molecule has 3 aliphatic rings. The normalized spacial score (nSPS) is 26.4. The number of pyridine rings is 1. The predicted octanol–water partition coefficient (Wildman–Crippen LogP) is 4.20. The molecule has 3 fully saturated rings. The minimum Gasteiger partial charge on any atom is -0.484 e. The highest BCUT2D eigenvalue weighted by Crippen LogP contribution is 2.50. The van der Waals surface area contributed by atoms with Crippen molar-refractivity contribution in [3.63, 3.8) is 0 Å². The van der Waals surface area contributed by atoms with Gasteiger partial charge in [-0.3, -0.25) is 9.59 Å². The standard InChI is InChI=1S/C24H27ClFN3O3/c1-15-13-23(29-22(31)20-5-3-4-16(2)27-20)8-10-24(15,11-9-23)28-21(30)14-32-17-6-7-18(25)19(26)12-17/h3-7,12,15H,8-11,13-14H2,1-2H3,(H,28,30)(H,29,31). The van der Waals surface area contributed by atoms with E-state index in [0.29, 0.717) is 5.69 Å². The second-order valence-corrected chi connectivity index (χ2v) is 9.48. The van der Waals surface area contributed by atoms with Crippen molar-refractivity contribution < 1.29 is 18.7 Å². The Morgan fingerprint density at radius 2 is 1.94 bits per heavy atom. The minimum absolute atomic E-state index is 0.00711. The fraction of sp³-hybridized carbons (Fsp3) is 0.458. The third kappa shape index (κ3) is 4.58. The first-order chi connectivity index (χ1) is 15.2. The quantitative estimate of drug-likeness (QED) is 0.678. The summed E-state index contributed by atoms with van der Waals surface area (Å²) in [5.74, 6) is -0.535. The summed E-state index contributed by atoms with van der Waals surface area (Å²) in [6, 6.07) is 9.51. The Morgan fingerprint density at radius 3 is 2.59 bits per heavy atom.